The highest BCUT2D eigenvalue weighted by Crippen LogP contribution is 2.66. The molecule has 3 aliphatic rings. The van der Waals surface area contributed by atoms with Crippen molar-refractivity contribution in [2.45, 2.75) is 78.1 Å². The predicted octanol–water partition coefficient (Wildman–Crippen LogP) is 18.3. The monoisotopic (exact) mass is 891 g/mol. The van der Waals surface area contributed by atoms with Gasteiger partial charge in [-0.25, -0.2) is 0 Å². The van der Waals surface area contributed by atoms with E-state index in [1.54, 1.807) is 0 Å². The maximum Gasteiger partial charge on any atom is 0.143 e. The van der Waals surface area contributed by atoms with Crippen LogP contribution in [0.25, 0.3) is 66.4 Å². The van der Waals surface area contributed by atoms with Crippen molar-refractivity contribution in [2.24, 2.45) is 5.41 Å². The van der Waals surface area contributed by atoms with Crippen LogP contribution < -0.4 is 4.90 Å². The van der Waals surface area contributed by atoms with Gasteiger partial charge < -0.3 is 9.32 Å². The molecule has 336 valence electrons. The van der Waals surface area contributed by atoms with E-state index in [4.69, 9.17) is 4.42 Å². The number of para-hydroxylation sites is 2. The van der Waals surface area contributed by atoms with E-state index in [1.807, 2.05) is 6.07 Å². The minimum Gasteiger partial charge on any atom is -0.455 e. The van der Waals surface area contributed by atoms with Crippen LogP contribution in [0.5, 0.6) is 0 Å². The normalized spacial score (nSPS) is 16.1. The Labute approximate surface area is 406 Å². The third kappa shape index (κ3) is 6.04. The van der Waals surface area contributed by atoms with E-state index in [0.29, 0.717) is 0 Å². The lowest BCUT2D eigenvalue weighted by atomic mass is 9.69. The minimum atomic E-state index is -0.573. The van der Waals surface area contributed by atoms with Gasteiger partial charge in [-0.05, 0) is 132 Å². The Morgan fingerprint density at radius 1 is 0.449 bits per heavy atom. The summed E-state index contributed by atoms with van der Waals surface area (Å²) in [4.78, 5) is 2.57. The fourth-order valence-electron chi connectivity index (χ4n) is 12.7. The highest BCUT2D eigenvalue weighted by molar-refractivity contribution is 6.09. The van der Waals surface area contributed by atoms with Crippen LogP contribution in [0.2, 0.25) is 0 Å². The van der Waals surface area contributed by atoms with Crippen LogP contribution in [0.15, 0.2) is 192 Å². The van der Waals surface area contributed by atoms with Gasteiger partial charge in [0.2, 0.25) is 0 Å². The maximum atomic E-state index is 6.58. The van der Waals surface area contributed by atoms with Crippen molar-refractivity contribution in [2.75, 3.05) is 4.90 Å². The molecule has 1 unspecified atom stereocenters. The third-order valence-electron chi connectivity index (χ3n) is 15.7. The minimum absolute atomic E-state index is 0.0435. The first-order valence-electron chi connectivity index (χ1n) is 24.8. The van der Waals surface area contributed by atoms with Gasteiger partial charge in [0.1, 0.15) is 11.2 Å². The second kappa shape index (κ2) is 14.5. The van der Waals surface area contributed by atoms with Gasteiger partial charge in [0, 0.05) is 38.7 Å². The number of furan rings is 1. The zero-order chi connectivity index (χ0) is 47.2. The van der Waals surface area contributed by atoms with Crippen molar-refractivity contribution in [3.05, 3.63) is 233 Å². The molecular weight excluding hydrogens is 835 g/mol. The Hall–Kier alpha value is -7.42. The van der Waals surface area contributed by atoms with Crippen LogP contribution in [0.1, 0.15) is 99.9 Å². The summed E-state index contributed by atoms with van der Waals surface area (Å²) in [5.41, 5.74) is 25.6. The van der Waals surface area contributed by atoms with Crippen molar-refractivity contribution in [3.63, 3.8) is 0 Å². The molecule has 69 heavy (non-hydrogen) atoms. The van der Waals surface area contributed by atoms with E-state index in [2.05, 4.69) is 242 Å². The molecule has 1 spiro atoms. The zero-order valence-electron chi connectivity index (χ0n) is 41.0. The lowest BCUT2D eigenvalue weighted by Crippen LogP contribution is -2.29. The molecule has 0 N–H and O–H groups in total. The second-order valence-electron chi connectivity index (χ2n) is 22.7. The van der Waals surface area contributed by atoms with E-state index >= 15 is 0 Å². The van der Waals surface area contributed by atoms with E-state index in [1.165, 1.54) is 83.6 Å². The molecule has 0 saturated carbocycles. The summed E-state index contributed by atoms with van der Waals surface area (Å²) in [5.74, 6) is 0. The van der Waals surface area contributed by atoms with E-state index in [-0.39, 0.29) is 16.2 Å². The molecule has 3 aliphatic carbocycles. The van der Waals surface area contributed by atoms with Crippen LogP contribution in [-0.4, -0.2) is 0 Å². The number of rotatable bonds is 5. The molecule has 0 aliphatic heterocycles. The van der Waals surface area contributed by atoms with Crippen LogP contribution in [0.3, 0.4) is 0 Å². The van der Waals surface area contributed by atoms with E-state index < -0.39 is 5.41 Å². The van der Waals surface area contributed by atoms with E-state index in [0.717, 1.165) is 50.9 Å². The summed E-state index contributed by atoms with van der Waals surface area (Å²) in [7, 11) is 0. The summed E-state index contributed by atoms with van der Waals surface area (Å²) in [5, 5.41) is 2.28. The Morgan fingerprint density at radius 3 is 1.84 bits per heavy atom. The number of fused-ring (bicyclic) bond motifs is 16. The average Bonchev–Trinajstić information content (AvgIpc) is 4.03. The third-order valence-corrected chi connectivity index (χ3v) is 15.7. The molecule has 0 fully saturated rings. The fourth-order valence-corrected chi connectivity index (χ4v) is 12.7. The lowest BCUT2D eigenvalue weighted by Gasteiger charge is -2.36. The van der Waals surface area contributed by atoms with Gasteiger partial charge in [0.15, 0.2) is 0 Å². The smallest absolute Gasteiger partial charge is 0.143 e. The molecule has 0 bridgehead atoms. The summed E-state index contributed by atoms with van der Waals surface area (Å²) in [6.07, 6.45) is 1.01. The molecule has 1 atom stereocenters. The first kappa shape index (κ1) is 41.7. The molecular formula is C67H57NO. The van der Waals surface area contributed by atoms with Gasteiger partial charge in [-0.3, -0.25) is 0 Å². The van der Waals surface area contributed by atoms with Crippen molar-refractivity contribution >= 4 is 39.0 Å². The Morgan fingerprint density at radius 2 is 1.06 bits per heavy atom. The summed E-state index contributed by atoms with van der Waals surface area (Å²) in [6.45, 7) is 18.9. The Balaban J connectivity index is 1.08. The van der Waals surface area contributed by atoms with Gasteiger partial charge in [-0.2, -0.15) is 0 Å². The molecule has 9 aromatic carbocycles. The first-order valence-corrected chi connectivity index (χ1v) is 24.8. The second-order valence-corrected chi connectivity index (χ2v) is 22.7. The zero-order valence-corrected chi connectivity index (χ0v) is 41.0. The first-order chi connectivity index (χ1) is 33.2. The molecule has 10 aromatic rings. The SMILES string of the molecule is CC(C)(C)Cc1ccc2c(c1)-c1ccc(C(C)(C)C)cc1C21c2ccccc2-c2cccc(N(c3ccc(-c4cccc5c4oc4ccccc45)cc3)c3ccc4c(c3)C(C)(C)c3ccccc3-4)c21. The van der Waals surface area contributed by atoms with Gasteiger partial charge >= 0.3 is 0 Å². The van der Waals surface area contributed by atoms with Crippen LogP contribution in [0.4, 0.5) is 17.1 Å². The molecule has 1 aromatic heterocycles. The van der Waals surface area contributed by atoms with Gasteiger partial charge in [0.05, 0.1) is 11.1 Å². The average molecular weight is 892 g/mol. The fraction of sp³-hybridized carbons (Fsp3) is 0.194. The molecule has 1 heterocycles. The van der Waals surface area contributed by atoms with Gasteiger partial charge in [0.25, 0.3) is 0 Å². The molecule has 0 saturated heterocycles. The lowest BCUT2D eigenvalue weighted by molar-refractivity contribution is 0.411. The maximum absolute atomic E-state index is 6.58. The molecule has 0 amide bonds. The highest BCUT2D eigenvalue weighted by atomic mass is 16.3. The number of anilines is 3. The van der Waals surface area contributed by atoms with Crippen LogP contribution in [0, 0.1) is 5.41 Å². The topological polar surface area (TPSA) is 16.4 Å². The number of hydrogen-bond donors (Lipinski definition) is 0. The van der Waals surface area contributed by atoms with Crippen molar-refractivity contribution in [3.8, 4) is 44.5 Å². The van der Waals surface area contributed by atoms with Gasteiger partial charge in [-0.1, -0.05) is 207 Å². The number of nitrogens with zero attached hydrogens (tertiary/aromatic N) is 1. The summed E-state index contributed by atoms with van der Waals surface area (Å²) in [6, 6.07) is 71.4. The number of hydrogen-bond acceptors (Lipinski definition) is 2. The Kier molecular flexibility index (Phi) is 8.80. The van der Waals surface area contributed by atoms with Crippen molar-refractivity contribution in [1.29, 1.82) is 0 Å². The molecule has 0 radical (unpaired) electrons. The molecule has 2 nitrogen and oxygen atoms in total. The summed E-state index contributed by atoms with van der Waals surface area (Å²) >= 11 is 0. The quantitative estimate of drug-likeness (QED) is 0.171. The largest absolute Gasteiger partial charge is 0.455 e. The number of benzene rings is 9. The molecule has 2 heteroatoms. The van der Waals surface area contributed by atoms with Crippen molar-refractivity contribution in [1.82, 2.24) is 0 Å². The van der Waals surface area contributed by atoms with Crippen LogP contribution >= 0.6 is 0 Å². The Bertz CT molecular complexity index is 3750. The van der Waals surface area contributed by atoms with Crippen LogP contribution in [-0.2, 0) is 22.7 Å². The molecule has 13 rings (SSSR count). The highest BCUT2D eigenvalue weighted by Gasteiger charge is 2.54. The standard InChI is InChI=1S/C67H57NO/c1-64(2,3)40-41-27-36-57-54(37-41)50-34-30-43(65(4,5)6)38-59(50)67(57)56-24-13-10-18-48(56)52-21-16-25-60(62(52)67)68(45-33-35-49-47-17-9-12-23-55(47)66(7,8)58(49)39-45)44-31-28-42(29-32-44)46-20-15-22-53-51-19-11-14-26-61(51)69-63(46)53/h9-39H,40H2,1-8H3. The summed E-state index contributed by atoms with van der Waals surface area (Å²) < 4.78 is 6.58. The van der Waals surface area contributed by atoms with E-state index in [9.17, 15) is 0 Å². The van der Waals surface area contributed by atoms with Crippen molar-refractivity contribution < 1.29 is 4.42 Å². The van der Waals surface area contributed by atoms with Gasteiger partial charge in [-0.15, -0.1) is 0 Å². The predicted molar refractivity (Wildman–Crippen MR) is 290 cm³/mol.